The van der Waals surface area contributed by atoms with Gasteiger partial charge in [-0.25, -0.2) is 4.98 Å². The summed E-state index contributed by atoms with van der Waals surface area (Å²) in [6.45, 7) is 1.96. The lowest BCUT2D eigenvalue weighted by Gasteiger charge is -2.14. The van der Waals surface area contributed by atoms with Crippen molar-refractivity contribution in [3.05, 3.63) is 94.8 Å². The maximum atomic E-state index is 13.0. The fourth-order valence-electron chi connectivity index (χ4n) is 3.76. The number of rotatable bonds is 6. The number of aryl methyl sites for hydroxylation is 1. The molecule has 0 atom stereocenters. The minimum absolute atomic E-state index is 0.0714. The topological polar surface area (TPSA) is 102 Å². The van der Waals surface area contributed by atoms with E-state index >= 15 is 0 Å². The van der Waals surface area contributed by atoms with Crippen LogP contribution in [0.1, 0.15) is 11.4 Å². The summed E-state index contributed by atoms with van der Waals surface area (Å²) in [7, 11) is 0. The molecule has 2 aromatic carbocycles. The fraction of sp³-hybridized carbons (Fsp3) is 0.120. The molecule has 0 unspecified atom stereocenters. The summed E-state index contributed by atoms with van der Waals surface area (Å²) in [6, 6.07) is 21.0. The Morgan fingerprint density at radius 3 is 2.65 bits per heavy atom. The Balaban J connectivity index is 1.59. The summed E-state index contributed by atoms with van der Waals surface area (Å²) >= 11 is 1.41. The molecule has 34 heavy (non-hydrogen) atoms. The SMILES string of the molecule is Cc1ccccc1-n1c(SCc2nc3ccccc3c(=O)n2CC#N)nnc1-c1cccnc1. The van der Waals surface area contributed by atoms with Crippen LogP contribution in [0.3, 0.4) is 0 Å². The van der Waals surface area contributed by atoms with E-state index in [1.54, 1.807) is 30.6 Å². The molecular weight excluding hydrogens is 446 g/mol. The van der Waals surface area contributed by atoms with Gasteiger partial charge in [-0.2, -0.15) is 5.26 Å². The molecular formula is C25H19N7OS. The Hall–Kier alpha value is -4.29. The molecule has 0 aliphatic rings. The van der Waals surface area contributed by atoms with E-state index in [-0.39, 0.29) is 12.1 Å². The van der Waals surface area contributed by atoms with E-state index in [0.29, 0.717) is 33.5 Å². The fourth-order valence-corrected chi connectivity index (χ4v) is 4.66. The number of para-hydroxylation sites is 2. The zero-order chi connectivity index (χ0) is 23.5. The molecule has 3 heterocycles. The van der Waals surface area contributed by atoms with Crippen molar-refractivity contribution >= 4 is 22.7 Å². The van der Waals surface area contributed by atoms with Gasteiger partial charge in [0.2, 0.25) is 0 Å². The highest BCUT2D eigenvalue weighted by Crippen LogP contribution is 2.30. The lowest BCUT2D eigenvalue weighted by atomic mass is 10.2. The number of fused-ring (bicyclic) bond motifs is 1. The van der Waals surface area contributed by atoms with Crippen molar-refractivity contribution in [2.75, 3.05) is 0 Å². The quantitative estimate of drug-likeness (QED) is 0.347. The first-order valence-electron chi connectivity index (χ1n) is 10.6. The van der Waals surface area contributed by atoms with Gasteiger partial charge in [0, 0.05) is 18.0 Å². The van der Waals surface area contributed by atoms with Gasteiger partial charge in [-0.1, -0.05) is 42.1 Å². The van der Waals surface area contributed by atoms with Gasteiger partial charge in [0.15, 0.2) is 11.0 Å². The van der Waals surface area contributed by atoms with E-state index < -0.39 is 0 Å². The first-order chi connectivity index (χ1) is 16.7. The Kier molecular flexibility index (Phi) is 5.89. The highest BCUT2D eigenvalue weighted by Gasteiger charge is 2.19. The van der Waals surface area contributed by atoms with Crippen LogP contribution in [0.2, 0.25) is 0 Å². The molecule has 166 valence electrons. The monoisotopic (exact) mass is 465 g/mol. The van der Waals surface area contributed by atoms with Gasteiger partial charge >= 0.3 is 0 Å². The Labute approximate surface area is 199 Å². The molecule has 0 radical (unpaired) electrons. The highest BCUT2D eigenvalue weighted by molar-refractivity contribution is 7.98. The van der Waals surface area contributed by atoms with Gasteiger partial charge in [0.1, 0.15) is 12.4 Å². The first-order valence-corrected chi connectivity index (χ1v) is 11.6. The van der Waals surface area contributed by atoms with Gasteiger partial charge in [-0.3, -0.25) is 18.9 Å². The third-order valence-electron chi connectivity index (χ3n) is 5.41. The predicted molar refractivity (Wildman–Crippen MR) is 131 cm³/mol. The van der Waals surface area contributed by atoms with Crippen LogP contribution >= 0.6 is 11.8 Å². The van der Waals surface area contributed by atoms with Crippen LogP contribution in [-0.4, -0.2) is 29.3 Å². The van der Waals surface area contributed by atoms with Crippen LogP contribution in [0.4, 0.5) is 0 Å². The van der Waals surface area contributed by atoms with Gasteiger partial charge in [0.05, 0.1) is 28.4 Å². The number of nitriles is 1. The molecule has 5 aromatic rings. The van der Waals surface area contributed by atoms with Gasteiger partial charge in [0.25, 0.3) is 5.56 Å². The summed E-state index contributed by atoms with van der Waals surface area (Å²) in [5.41, 5.74) is 3.25. The third kappa shape index (κ3) is 3.95. The minimum Gasteiger partial charge on any atom is -0.281 e. The smallest absolute Gasteiger partial charge is 0.262 e. The average Bonchev–Trinajstić information content (AvgIpc) is 3.29. The lowest BCUT2D eigenvalue weighted by molar-refractivity contribution is 0.729. The number of hydrogen-bond acceptors (Lipinski definition) is 7. The maximum Gasteiger partial charge on any atom is 0.262 e. The Morgan fingerprint density at radius 2 is 1.85 bits per heavy atom. The molecule has 0 aliphatic carbocycles. The number of hydrogen-bond donors (Lipinski definition) is 0. The van der Waals surface area contributed by atoms with E-state index in [2.05, 4.69) is 26.2 Å². The van der Waals surface area contributed by atoms with Crippen molar-refractivity contribution in [3.8, 4) is 23.1 Å². The van der Waals surface area contributed by atoms with Crippen LogP contribution in [-0.2, 0) is 12.3 Å². The standard InChI is InChI=1S/C25H19N7OS/c1-17-7-2-5-11-21(17)32-23(18-8-6-13-27-15-18)29-30-25(32)34-16-22-28-20-10-4-3-9-19(20)24(33)31(22)14-12-26/h2-11,13,15H,14,16H2,1H3. The number of thioether (sulfide) groups is 1. The summed E-state index contributed by atoms with van der Waals surface area (Å²) in [6.07, 6.45) is 3.47. The van der Waals surface area contributed by atoms with Crippen molar-refractivity contribution < 1.29 is 0 Å². The van der Waals surface area contributed by atoms with Crippen LogP contribution in [0.5, 0.6) is 0 Å². The molecule has 0 spiro atoms. The van der Waals surface area contributed by atoms with E-state index in [1.165, 1.54) is 16.3 Å². The van der Waals surface area contributed by atoms with Crippen LogP contribution in [0.25, 0.3) is 28.0 Å². The average molecular weight is 466 g/mol. The van der Waals surface area contributed by atoms with E-state index in [1.807, 2.05) is 54.0 Å². The van der Waals surface area contributed by atoms with E-state index in [0.717, 1.165) is 16.8 Å². The normalized spacial score (nSPS) is 10.9. The number of aromatic nitrogens is 6. The molecule has 0 fully saturated rings. The van der Waals surface area contributed by atoms with Crippen molar-refractivity contribution in [1.82, 2.24) is 29.3 Å². The van der Waals surface area contributed by atoms with Crippen LogP contribution in [0, 0.1) is 18.3 Å². The number of benzene rings is 2. The second kappa shape index (κ2) is 9.29. The van der Waals surface area contributed by atoms with E-state index in [9.17, 15) is 10.1 Å². The molecule has 0 saturated heterocycles. The maximum absolute atomic E-state index is 13.0. The second-order valence-electron chi connectivity index (χ2n) is 7.55. The Bertz CT molecular complexity index is 1590. The number of nitrogens with zero attached hydrogens (tertiary/aromatic N) is 7. The van der Waals surface area contributed by atoms with Crippen molar-refractivity contribution in [1.29, 1.82) is 5.26 Å². The summed E-state index contributed by atoms with van der Waals surface area (Å²) in [5, 5.41) is 19.4. The highest BCUT2D eigenvalue weighted by atomic mass is 32.2. The van der Waals surface area contributed by atoms with E-state index in [4.69, 9.17) is 0 Å². The first kappa shape index (κ1) is 21.6. The molecule has 8 nitrogen and oxygen atoms in total. The predicted octanol–water partition coefficient (Wildman–Crippen LogP) is 4.16. The summed E-state index contributed by atoms with van der Waals surface area (Å²) in [5.74, 6) is 1.53. The van der Waals surface area contributed by atoms with Crippen molar-refractivity contribution in [2.24, 2.45) is 0 Å². The minimum atomic E-state index is -0.223. The molecule has 0 amide bonds. The molecule has 0 bridgehead atoms. The molecule has 3 aromatic heterocycles. The van der Waals surface area contributed by atoms with Crippen molar-refractivity contribution in [2.45, 2.75) is 24.4 Å². The number of pyridine rings is 1. The third-order valence-corrected chi connectivity index (χ3v) is 6.33. The Morgan fingerprint density at radius 1 is 1.03 bits per heavy atom. The summed E-state index contributed by atoms with van der Waals surface area (Å²) in [4.78, 5) is 21.9. The van der Waals surface area contributed by atoms with Crippen LogP contribution in [0.15, 0.2) is 83.0 Å². The second-order valence-corrected chi connectivity index (χ2v) is 8.50. The van der Waals surface area contributed by atoms with Gasteiger partial charge in [-0.05, 0) is 42.8 Å². The molecule has 5 rings (SSSR count). The molecule has 0 saturated carbocycles. The van der Waals surface area contributed by atoms with Gasteiger partial charge < -0.3 is 0 Å². The molecule has 9 heteroatoms. The molecule has 0 N–H and O–H groups in total. The summed E-state index contributed by atoms with van der Waals surface area (Å²) < 4.78 is 3.41. The zero-order valence-corrected chi connectivity index (χ0v) is 19.1. The lowest BCUT2D eigenvalue weighted by Crippen LogP contribution is -2.24. The molecule has 0 aliphatic heterocycles. The van der Waals surface area contributed by atoms with Crippen molar-refractivity contribution in [3.63, 3.8) is 0 Å². The van der Waals surface area contributed by atoms with Gasteiger partial charge in [-0.15, -0.1) is 10.2 Å². The van der Waals surface area contributed by atoms with Crippen LogP contribution < -0.4 is 5.56 Å². The zero-order valence-electron chi connectivity index (χ0n) is 18.3. The largest absolute Gasteiger partial charge is 0.281 e.